The molecule has 0 aliphatic carbocycles. The molecule has 3 aromatic rings. The second kappa shape index (κ2) is 9.45. The molecule has 3 N–H and O–H groups in total. The molecule has 0 unspecified atom stereocenters. The van der Waals surface area contributed by atoms with E-state index in [-0.39, 0.29) is 12.3 Å². The van der Waals surface area contributed by atoms with E-state index in [2.05, 4.69) is 21.0 Å². The first-order valence-corrected chi connectivity index (χ1v) is 8.96. The molecule has 9 nitrogen and oxygen atoms in total. The minimum atomic E-state index is -0.250. The summed E-state index contributed by atoms with van der Waals surface area (Å²) in [4.78, 5) is 21.7. The largest absolute Gasteiger partial charge is 0.497 e. The van der Waals surface area contributed by atoms with Crippen molar-refractivity contribution in [2.45, 2.75) is 13.0 Å². The molecule has 0 atom stereocenters. The Morgan fingerprint density at radius 3 is 2.50 bits per heavy atom. The van der Waals surface area contributed by atoms with Crippen LogP contribution in [0.5, 0.6) is 5.75 Å². The summed E-state index contributed by atoms with van der Waals surface area (Å²) in [5.74, 6) is 1.59. The van der Waals surface area contributed by atoms with Crippen molar-refractivity contribution < 1.29 is 19.4 Å². The number of benzene rings is 1. The van der Waals surface area contributed by atoms with Gasteiger partial charge in [-0.15, -0.1) is 0 Å². The molecule has 3 heterocycles. The lowest BCUT2D eigenvalue weighted by molar-refractivity contribution is -0.122. The van der Waals surface area contributed by atoms with Crippen molar-refractivity contribution in [1.29, 1.82) is 5.26 Å². The highest BCUT2D eigenvalue weighted by Crippen LogP contribution is 2.34. The number of nitrogens with two attached hydrogens (primary N) is 1. The molecular weight excluding hydrogens is 386 g/mol. The Kier molecular flexibility index (Phi) is 6.52. The van der Waals surface area contributed by atoms with Crippen LogP contribution in [-0.4, -0.2) is 40.2 Å². The standard InChI is InChI=1S/C20H17N5O2.CH2O2/c1-26-14-4-2-12(3-5-14)20-23-9-13(10-24-20)18-15(8-21)19(22)25-17-6-7-27-11-16(17)18;2-1-3/h2-5,9-10H,6-7,11H2,1H3,(H2,22,25);1H,(H,2,3). The number of carboxylic acid groups (broad SMARTS) is 1. The summed E-state index contributed by atoms with van der Waals surface area (Å²) >= 11 is 0. The zero-order valence-corrected chi connectivity index (χ0v) is 16.2. The number of nitrogens with zero attached hydrogens (tertiary/aromatic N) is 4. The summed E-state index contributed by atoms with van der Waals surface area (Å²) in [7, 11) is 1.62. The number of nitriles is 1. The van der Waals surface area contributed by atoms with Gasteiger partial charge in [0.15, 0.2) is 5.82 Å². The van der Waals surface area contributed by atoms with E-state index in [9.17, 15) is 5.26 Å². The normalized spacial score (nSPS) is 12.0. The van der Waals surface area contributed by atoms with Gasteiger partial charge in [-0.25, -0.2) is 15.0 Å². The average molecular weight is 405 g/mol. The highest BCUT2D eigenvalue weighted by atomic mass is 16.5. The fourth-order valence-corrected chi connectivity index (χ4v) is 3.18. The molecular formula is C21H19N5O4. The number of rotatable bonds is 3. The van der Waals surface area contributed by atoms with Crippen molar-refractivity contribution in [2.24, 2.45) is 0 Å². The van der Waals surface area contributed by atoms with Gasteiger partial charge in [0.2, 0.25) is 0 Å². The van der Waals surface area contributed by atoms with E-state index in [0.29, 0.717) is 36.6 Å². The fourth-order valence-electron chi connectivity index (χ4n) is 3.18. The number of anilines is 1. The van der Waals surface area contributed by atoms with Gasteiger partial charge in [0.1, 0.15) is 23.2 Å². The number of nitrogen functional groups attached to an aromatic ring is 1. The predicted octanol–water partition coefficient (Wildman–Crippen LogP) is 2.44. The van der Waals surface area contributed by atoms with Crippen LogP contribution in [-0.2, 0) is 22.6 Å². The second-order valence-corrected chi connectivity index (χ2v) is 6.22. The first kappa shape index (κ1) is 20.7. The van der Waals surface area contributed by atoms with Crippen molar-refractivity contribution in [3.63, 3.8) is 0 Å². The monoisotopic (exact) mass is 405 g/mol. The number of pyridine rings is 1. The van der Waals surface area contributed by atoms with Crippen LogP contribution in [0, 0.1) is 11.3 Å². The first-order chi connectivity index (χ1) is 14.6. The van der Waals surface area contributed by atoms with Gasteiger partial charge in [-0.2, -0.15) is 5.26 Å². The van der Waals surface area contributed by atoms with Gasteiger partial charge in [0.25, 0.3) is 6.47 Å². The molecule has 1 aliphatic heterocycles. The quantitative estimate of drug-likeness (QED) is 0.628. The summed E-state index contributed by atoms with van der Waals surface area (Å²) in [6.45, 7) is 0.741. The van der Waals surface area contributed by atoms with Crippen molar-refractivity contribution in [1.82, 2.24) is 15.0 Å². The van der Waals surface area contributed by atoms with E-state index in [1.54, 1.807) is 19.5 Å². The summed E-state index contributed by atoms with van der Waals surface area (Å²) < 4.78 is 10.7. The number of carbonyl (C=O) groups is 1. The van der Waals surface area contributed by atoms with Crippen LogP contribution in [0.15, 0.2) is 36.7 Å². The molecule has 0 spiro atoms. The number of aromatic nitrogens is 3. The Hall–Kier alpha value is -4.03. The van der Waals surface area contributed by atoms with Crippen LogP contribution in [0.4, 0.5) is 5.82 Å². The second-order valence-electron chi connectivity index (χ2n) is 6.22. The van der Waals surface area contributed by atoms with E-state index in [0.717, 1.165) is 28.1 Å². The van der Waals surface area contributed by atoms with E-state index in [1.807, 2.05) is 24.3 Å². The third kappa shape index (κ3) is 4.19. The van der Waals surface area contributed by atoms with Crippen LogP contribution in [0.2, 0.25) is 0 Å². The third-order valence-corrected chi connectivity index (χ3v) is 4.54. The topological polar surface area (TPSA) is 144 Å². The third-order valence-electron chi connectivity index (χ3n) is 4.54. The van der Waals surface area contributed by atoms with Gasteiger partial charge in [-0.1, -0.05) is 0 Å². The number of methoxy groups -OCH3 is 1. The summed E-state index contributed by atoms with van der Waals surface area (Å²) in [6, 6.07) is 9.67. The number of hydrogen-bond donors (Lipinski definition) is 2. The Morgan fingerprint density at radius 2 is 1.90 bits per heavy atom. The Morgan fingerprint density at radius 1 is 1.23 bits per heavy atom. The maximum Gasteiger partial charge on any atom is 0.290 e. The van der Waals surface area contributed by atoms with Crippen LogP contribution in [0.25, 0.3) is 22.5 Å². The lowest BCUT2D eigenvalue weighted by Gasteiger charge is -2.21. The molecule has 30 heavy (non-hydrogen) atoms. The SMILES string of the molecule is COc1ccc(-c2ncc(-c3c(C#N)c(N)nc4c3COCC4)cn2)cc1.O=CO. The van der Waals surface area contributed by atoms with Crippen molar-refractivity contribution >= 4 is 12.3 Å². The minimum Gasteiger partial charge on any atom is -0.497 e. The van der Waals surface area contributed by atoms with Crippen LogP contribution < -0.4 is 10.5 Å². The molecule has 0 bridgehead atoms. The molecule has 4 rings (SSSR count). The maximum absolute atomic E-state index is 9.58. The molecule has 0 saturated carbocycles. The molecule has 0 fully saturated rings. The smallest absolute Gasteiger partial charge is 0.290 e. The maximum atomic E-state index is 9.58. The average Bonchev–Trinajstić information content (AvgIpc) is 2.79. The summed E-state index contributed by atoms with van der Waals surface area (Å²) in [5.41, 5.74) is 10.4. The van der Waals surface area contributed by atoms with Crippen LogP contribution >= 0.6 is 0 Å². The Bertz CT molecular complexity index is 1080. The summed E-state index contributed by atoms with van der Waals surface area (Å²) in [6.07, 6.45) is 4.08. The van der Waals surface area contributed by atoms with Gasteiger partial charge in [-0.05, 0) is 24.3 Å². The van der Waals surface area contributed by atoms with E-state index >= 15 is 0 Å². The number of hydrogen-bond acceptors (Lipinski definition) is 8. The van der Waals surface area contributed by atoms with Gasteiger partial charge in [-0.3, -0.25) is 4.79 Å². The van der Waals surface area contributed by atoms with Gasteiger partial charge in [0, 0.05) is 41.1 Å². The van der Waals surface area contributed by atoms with E-state index < -0.39 is 0 Å². The Labute approximate surface area is 172 Å². The minimum absolute atomic E-state index is 0.229. The highest BCUT2D eigenvalue weighted by molar-refractivity contribution is 5.78. The zero-order valence-electron chi connectivity index (χ0n) is 16.2. The summed E-state index contributed by atoms with van der Waals surface area (Å²) in [5, 5.41) is 16.5. The molecule has 0 saturated heterocycles. The van der Waals surface area contributed by atoms with Gasteiger partial charge >= 0.3 is 0 Å². The van der Waals surface area contributed by atoms with Crippen molar-refractivity contribution in [3.05, 3.63) is 53.5 Å². The van der Waals surface area contributed by atoms with Crippen molar-refractivity contribution in [3.8, 4) is 34.3 Å². The molecule has 0 radical (unpaired) electrons. The molecule has 1 aromatic carbocycles. The number of ether oxygens (including phenoxy) is 2. The highest BCUT2D eigenvalue weighted by Gasteiger charge is 2.22. The van der Waals surface area contributed by atoms with Gasteiger partial charge < -0.3 is 20.3 Å². The Balaban J connectivity index is 0.000000806. The lowest BCUT2D eigenvalue weighted by atomic mass is 9.94. The zero-order chi connectivity index (χ0) is 21.5. The van der Waals surface area contributed by atoms with E-state index in [1.165, 1.54) is 0 Å². The van der Waals surface area contributed by atoms with Gasteiger partial charge in [0.05, 0.1) is 26.0 Å². The molecule has 9 heteroatoms. The first-order valence-electron chi connectivity index (χ1n) is 8.96. The predicted molar refractivity (Wildman–Crippen MR) is 108 cm³/mol. The molecule has 152 valence electrons. The molecule has 0 amide bonds. The van der Waals surface area contributed by atoms with Crippen molar-refractivity contribution in [2.75, 3.05) is 19.5 Å². The lowest BCUT2D eigenvalue weighted by Crippen LogP contribution is -2.16. The van der Waals surface area contributed by atoms with Crippen LogP contribution in [0.3, 0.4) is 0 Å². The molecule has 2 aromatic heterocycles. The fraction of sp³-hybridized carbons (Fsp3) is 0.190. The molecule has 1 aliphatic rings. The van der Waals surface area contributed by atoms with Crippen LogP contribution in [0.1, 0.15) is 16.8 Å². The number of fused-ring (bicyclic) bond motifs is 1. The van der Waals surface area contributed by atoms with E-state index in [4.69, 9.17) is 25.1 Å².